The number of rotatable bonds is 4. The smallest absolute Gasteiger partial charge is 0.260 e. The second kappa shape index (κ2) is 6.72. The number of nitrogens with zero attached hydrogens (tertiary/aromatic N) is 1. The average molecular weight is 365 g/mol. The predicted molar refractivity (Wildman–Crippen MR) is 104 cm³/mol. The van der Waals surface area contributed by atoms with Crippen LogP contribution in [-0.2, 0) is 6.54 Å². The van der Waals surface area contributed by atoms with Crippen LogP contribution in [0.3, 0.4) is 0 Å². The lowest BCUT2D eigenvalue weighted by atomic mass is 10.1. The molecule has 26 heavy (non-hydrogen) atoms. The van der Waals surface area contributed by atoms with Gasteiger partial charge < -0.3 is 10.3 Å². The summed E-state index contributed by atoms with van der Waals surface area (Å²) in [6, 6.07) is 14.1. The average Bonchev–Trinajstić information content (AvgIpc) is 3.06. The quantitative estimate of drug-likeness (QED) is 0.551. The molecular weight excluding hydrogens is 349 g/mol. The first-order valence-electron chi connectivity index (χ1n) is 8.17. The number of benzene rings is 2. The van der Waals surface area contributed by atoms with E-state index in [1.807, 2.05) is 36.6 Å². The van der Waals surface area contributed by atoms with E-state index in [0.29, 0.717) is 22.6 Å². The molecule has 0 atom stereocenters. The van der Waals surface area contributed by atoms with Gasteiger partial charge in [-0.15, -0.1) is 11.3 Å². The Morgan fingerprint density at radius 2 is 1.85 bits per heavy atom. The van der Waals surface area contributed by atoms with Gasteiger partial charge >= 0.3 is 0 Å². The van der Waals surface area contributed by atoms with Crippen molar-refractivity contribution in [2.24, 2.45) is 0 Å². The molecule has 130 valence electrons. The van der Waals surface area contributed by atoms with Crippen molar-refractivity contribution in [3.8, 4) is 11.1 Å². The molecule has 0 saturated heterocycles. The van der Waals surface area contributed by atoms with Crippen molar-refractivity contribution in [2.45, 2.75) is 13.5 Å². The molecule has 4 rings (SSSR count). The number of halogens is 1. The molecule has 4 nitrogen and oxygen atoms in total. The number of aromatic nitrogens is 2. The van der Waals surface area contributed by atoms with E-state index in [2.05, 4.69) is 15.3 Å². The van der Waals surface area contributed by atoms with E-state index in [1.54, 1.807) is 12.1 Å². The number of H-pyrrole nitrogens is 1. The fraction of sp³-hybridized carbons (Fsp3) is 0.100. The minimum Gasteiger partial charge on any atom is -0.378 e. The van der Waals surface area contributed by atoms with E-state index in [-0.39, 0.29) is 11.4 Å². The Hall–Kier alpha value is -2.99. The van der Waals surface area contributed by atoms with Crippen molar-refractivity contribution >= 4 is 27.2 Å². The van der Waals surface area contributed by atoms with E-state index >= 15 is 0 Å². The van der Waals surface area contributed by atoms with Gasteiger partial charge in [0.1, 0.15) is 16.5 Å². The molecule has 0 aliphatic heterocycles. The van der Waals surface area contributed by atoms with Crippen LogP contribution in [0.5, 0.6) is 0 Å². The van der Waals surface area contributed by atoms with Crippen molar-refractivity contribution in [1.82, 2.24) is 9.97 Å². The summed E-state index contributed by atoms with van der Waals surface area (Å²) in [6.07, 6.45) is 0. The SMILES string of the molecule is Cc1ccc(NCc2nc3scc(-c4ccc(F)cc4)c3c(=O)[nH]2)cc1. The van der Waals surface area contributed by atoms with Crippen molar-refractivity contribution in [3.63, 3.8) is 0 Å². The summed E-state index contributed by atoms with van der Waals surface area (Å²) in [4.78, 5) is 20.7. The third kappa shape index (κ3) is 3.23. The van der Waals surface area contributed by atoms with Gasteiger partial charge in [-0.25, -0.2) is 9.37 Å². The summed E-state index contributed by atoms with van der Waals surface area (Å²) in [7, 11) is 0. The molecule has 6 heteroatoms. The molecule has 0 aliphatic rings. The molecule has 0 aliphatic carbocycles. The van der Waals surface area contributed by atoms with Crippen molar-refractivity contribution in [1.29, 1.82) is 0 Å². The summed E-state index contributed by atoms with van der Waals surface area (Å²) in [5.41, 5.74) is 3.55. The molecule has 2 aromatic carbocycles. The van der Waals surface area contributed by atoms with E-state index in [9.17, 15) is 9.18 Å². The normalized spacial score (nSPS) is 11.0. The van der Waals surface area contributed by atoms with Gasteiger partial charge in [0, 0.05) is 16.6 Å². The third-order valence-corrected chi connectivity index (χ3v) is 5.03. The monoisotopic (exact) mass is 365 g/mol. The first-order chi connectivity index (χ1) is 12.6. The number of hydrogen-bond acceptors (Lipinski definition) is 4. The summed E-state index contributed by atoms with van der Waals surface area (Å²) in [5.74, 6) is 0.278. The van der Waals surface area contributed by atoms with Gasteiger partial charge in [0.15, 0.2) is 0 Å². The van der Waals surface area contributed by atoms with Crippen LogP contribution < -0.4 is 10.9 Å². The molecule has 0 bridgehead atoms. The van der Waals surface area contributed by atoms with Crippen LogP contribution in [0.1, 0.15) is 11.4 Å². The Morgan fingerprint density at radius 1 is 1.12 bits per heavy atom. The van der Waals surface area contributed by atoms with E-state index in [4.69, 9.17) is 0 Å². The maximum Gasteiger partial charge on any atom is 0.260 e. The van der Waals surface area contributed by atoms with Gasteiger partial charge in [-0.3, -0.25) is 4.79 Å². The lowest BCUT2D eigenvalue weighted by molar-refractivity contribution is 0.628. The predicted octanol–water partition coefficient (Wildman–Crippen LogP) is 4.71. The van der Waals surface area contributed by atoms with Gasteiger partial charge in [0.2, 0.25) is 0 Å². The molecule has 0 amide bonds. The maximum atomic E-state index is 13.1. The van der Waals surface area contributed by atoms with Crippen molar-refractivity contribution < 1.29 is 4.39 Å². The van der Waals surface area contributed by atoms with Crippen LogP contribution in [0.15, 0.2) is 58.7 Å². The van der Waals surface area contributed by atoms with Crippen LogP contribution in [0.2, 0.25) is 0 Å². The van der Waals surface area contributed by atoms with Crippen LogP contribution in [0.25, 0.3) is 21.3 Å². The fourth-order valence-electron chi connectivity index (χ4n) is 2.78. The zero-order chi connectivity index (χ0) is 18.1. The van der Waals surface area contributed by atoms with Gasteiger partial charge in [0.05, 0.1) is 11.9 Å². The van der Waals surface area contributed by atoms with Crippen LogP contribution in [0, 0.1) is 12.7 Å². The Balaban J connectivity index is 1.64. The lowest BCUT2D eigenvalue weighted by Crippen LogP contribution is -2.14. The number of anilines is 1. The Bertz CT molecular complexity index is 1110. The molecular formula is C20H16FN3OS. The minimum atomic E-state index is -0.301. The molecule has 4 aromatic rings. The first kappa shape index (κ1) is 16.5. The van der Waals surface area contributed by atoms with Crippen LogP contribution in [-0.4, -0.2) is 9.97 Å². The highest BCUT2D eigenvalue weighted by Crippen LogP contribution is 2.30. The Kier molecular flexibility index (Phi) is 4.26. The third-order valence-electron chi connectivity index (χ3n) is 4.16. The highest BCUT2D eigenvalue weighted by atomic mass is 32.1. The van der Waals surface area contributed by atoms with Gasteiger partial charge in [-0.05, 0) is 36.8 Å². The van der Waals surface area contributed by atoms with E-state index in [0.717, 1.165) is 16.8 Å². The summed E-state index contributed by atoms with van der Waals surface area (Å²) >= 11 is 1.41. The summed E-state index contributed by atoms with van der Waals surface area (Å²) in [5, 5.41) is 5.68. The van der Waals surface area contributed by atoms with Crippen LogP contribution in [0.4, 0.5) is 10.1 Å². The standard InChI is InChI=1S/C20H16FN3OS/c1-12-2-8-15(9-3-12)22-10-17-23-19(25)18-16(11-26-20(18)24-17)13-4-6-14(21)7-5-13/h2-9,11,22H,10H2,1H3,(H,23,24,25). The minimum absolute atomic E-state index is 0.184. The highest BCUT2D eigenvalue weighted by molar-refractivity contribution is 7.17. The van der Waals surface area contributed by atoms with Gasteiger partial charge in [-0.1, -0.05) is 29.8 Å². The van der Waals surface area contributed by atoms with Gasteiger partial charge in [-0.2, -0.15) is 0 Å². The zero-order valence-corrected chi connectivity index (χ0v) is 14.9. The first-order valence-corrected chi connectivity index (χ1v) is 9.05. The largest absolute Gasteiger partial charge is 0.378 e. The highest BCUT2D eigenvalue weighted by Gasteiger charge is 2.13. The molecule has 2 aromatic heterocycles. The fourth-order valence-corrected chi connectivity index (χ4v) is 3.74. The maximum absolute atomic E-state index is 13.1. The number of aromatic amines is 1. The number of nitrogens with one attached hydrogen (secondary N) is 2. The lowest BCUT2D eigenvalue weighted by Gasteiger charge is -2.06. The van der Waals surface area contributed by atoms with E-state index in [1.165, 1.54) is 29.0 Å². The second-order valence-electron chi connectivity index (χ2n) is 6.07. The molecule has 0 fully saturated rings. The van der Waals surface area contributed by atoms with Crippen molar-refractivity contribution in [2.75, 3.05) is 5.32 Å². The second-order valence-corrected chi connectivity index (χ2v) is 6.93. The zero-order valence-electron chi connectivity index (χ0n) is 14.0. The molecule has 0 unspecified atom stereocenters. The molecule has 2 N–H and O–H groups in total. The van der Waals surface area contributed by atoms with E-state index < -0.39 is 0 Å². The van der Waals surface area contributed by atoms with Crippen molar-refractivity contribution in [3.05, 3.63) is 81.5 Å². The summed E-state index contributed by atoms with van der Waals surface area (Å²) in [6.45, 7) is 2.46. The Morgan fingerprint density at radius 3 is 2.58 bits per heavy atom. The molecule has 0 spiro atoms. The van der Waals surface area contributed by atoms with Gasteiger partial charge in [0.25, 0.3) is 5.56 Å². The number of hydrogen-bond donors (Lipinski definition) is 2. The Labute approximate surface area is 153 Å². The van der Waals surface area contributed by atoms with Crippen LogP contribution >= 0.6 is 11.3 Å². The summed E-state index contributed by atoms with van der Waals surface area (Å²) < 4.78 is 13.1. The molecule has 0 saturated carbocycles. The number of aryl methyl sites for hydroxylation is 1. The molecule has 2 heterocycles. The topological polar surface area (TPSA) is 57.8 Å². The number of fused-ring (bicyclic) bond motifs is 1. The number of thiophene rings is 1. The molecule has 0 radical (unpaired) electrons.